The summed E-state index contributed by atoms with van der Waals surface area (Å²) in [5, 5.41) is 3.91. The number of amides is 1. The summed E-state index contributed by atoms with van der Waals surface area (Å²) in [7, 11) is 0. The van der Waals surface area contributed by atoms with Gasteiger partial charge in [0.25, 0.3) is 5.91 Å². The number of benzene rings is 1. The average Bonchev–Trinajstić information content (AvgIpc) is 2.74. The van der Waals surface area contributed by atoms with E-state index in [4.69, 9.17) is 11.6 Å². The largest absolute Gasteiger partial charge is 0.349 e. The van der Waals surface area contributed by atoms with Crippen molar-refractivity contribution >= 4 is 34.3 Å². The van der Waals surface area contributed by atoms with Crippen molar-refractivity contribution in [1.82, 2.24) is 9.88 Å². The summed E-state index contributed by atoms with van der Waals surface area (Å²) in [5.41, 5.74) is 1.08. The van der Waals surface area contributed by atoms with Gasteiger partial charge in [0.05, 0.1) is 11.1 Å². The van der Waals surface area contributed by atoms with Crippen molar-refractivity contribution < 1.29 is 9.59 Å². The van der Waals surface area contributed by atoms with Crippen LogP contribution in [0.1, 0.15) is 22.1 Å². The van der Waals surface area contributed by atoms with Gasteiger partial charge in [-0.15, -0.1) is 6.58 Å². The molecule has 0 saturated carbocycles. The zero-order valence-corrected chi connectivity index (χ0v) is 11.2. The molecule has 1 N–H and O–H groups in total. The Kier molecular flexibility index (Phi) is 3.71. The fourth-order valence-corrected chi connectivity index (χ4v) is 2.07. The van der Waals surface area contributed by atoms with Crippen molar-refractivity contribution in [3.05, 3.63) is 47.6 Å². The van der Waals surface area contributed by atoms with Gasteiger partial charge in [0.2, 0.25) is 5.91 Å². The van der Waals surface area contributed by atoms with Crippen LogP contribution < -0.4 is 5.32 Å². The number of carbonyl (C=O) groups excluding carboxylic acids is 2. The van der Waals surface area contributed by atoms with Crippen LogP contribution in [0.5, 0.6) is 0 Å². The number of hydrogen-bond donors (Lipinski definition) is 1. The molecule has 1 aromatic heterocycles. The summed E-state index contributed by atoms with van der Waals surface area (Å²) in [6.45, 7) is 5.35. The van der Waals surface area contributed by atoms with E-state index in [-0.39, 0.29) is 11.8 Å². The monoisotopic (exact) mass is 276 g/mol. The van der Waals surface area contributed by atoms with Crippen LogP contribution in [0.4, 0.5) is 0 Å². The highest BCUT2D eigenvalue weighted by molar-refractivity contribution is 6.31. The van der Waals surface area contributed by atoms with Crippen molar-refractivity contribution in [1.29, 1.82) is 0 Å². The highest BCUT2D eigenvalue weighted by Crippen LogP contribution is 2.24. The van der Waals surface area contributed by atoms with Crippen LogP contribution in [0.15, 0.2) is 37.1 Å². The molecule has 1 aromatic carbocycles. The van der Waals surface area contributed by atoms with E-state index in [0.29, 0.717) is 28.0 Å². The summed E-state index contributed by atoms with van der Waals surface area (Å²) in [6, 6.07) is 5.10. The summed E-state index contributed by atoms with van der Waals surface area (Å²) in [5.74, 6) is -0.415. The third kappa shape index (κ3) is 2.53. The molecule has 4 nitrogen and oxygen atoms in total. The molecule has 5 heteroatoms. The molecule has 0 radical (unpaired) electrons. The molecular weight excluding hydrogens is 264 g/mol. The van der Waals surface area contributed by atoms with Gasteiger partial charge in [0.15, 0.2) is 0 Å². The van der Waals surface area contributed by atoms with Crippen molar-refractivity contribution in [3.63, 3.8) is 0 Å². The van der Waals surface area contributed by atoms with Crippen molar-refractivity contribution in [2.45, 2.75) is 6.92 Å². The van der Waals surface area contributed by atoms with Crippen LogP contribution in [0.25, 0.3) is 10.9 Å². The second-order valence-corrected chi connectivity index (χ2v) is 4.53. The molecule has 0 bridgehead atoms. The van der Waals surface area contributed by atoms with Gasteiger partial charge in [-0.1, -0.05) is 23.7 Å². The van der Waals surface area contributed by atoms with Gasteiger partial charge >= 0.3 is 0 Å². The van der Waals surface area contributed by atoms with Gasteiger partial charge in [0.1, 0.15) is 0 Å². The van der Waals surface area contributed by atoms with Crippen LogP contribution in [0, 0.1) is 0 Å². The Bertz CT molecular complexity index is 673. The van der Waals surface area contributed by atoms with Crippen LogP contribution in [0.2, 0.25) is 5.02 Å². The second kappa shape index (κ2) is 5.28. The first-order chi connectivity index (χ1) is 9.04. The summed E-state index contributed by atoms with van der Waals surface area (Å²) in [6.07, 6.45) is 3.13. The van der Waals surface area contributed by atoms with Gasteiger partial charge in [0, 0.05) is 30.1 Å². The first-order valence-electron chi connectivity index (χ1n) is 5.75. The lowest BCUT2D eigenvalue weighted by molar-refractivity contribution is 0.0941. The van der Waals surface area contributed by atoms with E-state index in [1.165, 1.54) is 17.7 Å². The highest BCUT2D eigenvalue weighted by Gasteiger charge is 2.16. The summed E-state index contributed by atoms with van der Waals surface area (Å²) < 4.78 is 1.42. The molecule has 2 rings (SSSR count). The molecule has 0 aliphatic heterocycles. The standard InChI is InChI=1S/C14H13ClN2O2/c1-3-6-16-14(19)12-8-17(9(2)18)13-7-10(15)4-5-11(12)13/h3-5,7-8H,1,6H2,2H3,(H,16,19). The number of fused-ring (bicyclic) bond motifs is 1. The number of hydrogen-bond acceptors (Lipinski definition) is 2. The lowest BCUT2D eigenvalue weighted by atomic mass is 10.1. The maximum Gasteiger partial charge on any atom is 0.253 e. The van der Waals surface area contributed by atoms with Crippen LogP contribution in [0.3, 0.4) is 0 Å². The third-order valence-corrected chi connectivity index (χ3v) is 2.99. The van der Waals surface area contributed by atoms with E-state index >= 15 is 0 Å². The minimum Gasteiger partial charge on any atom is -0.349 e. The molecule has 1 heterocycles. The number of halogens is 1. The fraction of sp³-hybridized carbons (Fsp3) is 0.143. The van der Waals surface area contributed by atoms with E-state index in [1.54, 1.807) is 24.3 Å². The predicted octanol–water partition coefficient (Wildman–Crippen LogP) is 2.87. The first kappa shape index (κ1) is 13.4. The lowest BCUT2D eigenvalue weighted by Gasteiger charge is -2.00. The Morgan fingerprint density at radius 1 is 1.47 bits per heavy atom. The predicted molar refractivity (Wildman–Crippen MR) is 75.8 cm³/mol. The maximum absolute atomic E-state index is 12.0. The molecule has 0 aliphatic carbocycles. The molecule has 98 valence electrons. The molecule has 0 saturated heterocycles. The SMILES string of the molecule is C=CCNC(=O)c1cn(C(C)=O)c2cc(Cl)ccc12. The number of carbonyl (C=O) groups is 2. The van der Waals surface area contributed by atoms with E-state index in [1.807, 2.05) is 0 Å². The second-order valence-electron chi connectivity index (χ2n) is 4.09. The van der Waals surface area contributed by atoms with E-state index in [2.05, 4.69) is 11.9 Å². The highest BCUT2D eigenvalue weighted by atomic mass is 35.5. The maximum atomic E-state index is 12.0. The molecule has 0 spiro atoms. The first-order valence-corrected chi connectivity index (χ1v) is 6.13. The van der Waals surface area contributed by atoms with E-state index in [9.17, 15) is 9.59 Å². The lowest BCUT2D eigenvalue weighted by Crippen LogP contribution is -2.23. The Hall–Kier alpha value is -2.07. The zero-order chi connectivity index (χ0) is 14.0. The number of rotatable bonds is 3. The number of nitrogens with zero attached hydrogens (tertiary/aromatic N) is 1. The number of nitrogens with one attached hydrogen (secondary N) is 1. The van der Waals surface area contributed by atoms with Crippen LogP contribution >= 0.6 is 11.6 Å². The third-order valence-electron chi connectivity index (χ3n) is 2.76. The molecule has 2 aromatic rings. The van der Waals surface area contributed by atoms with E-state index < -0.39 is 0 Å². The number of aromatic nitrogens is 1. The topological polar surface area (TPSA) is 51.1 Å². The van der Waals surface area contributed by atoms with Crippen LogP contribution in [-0.4, -0.2) is 22.9 Å². The van der Waals surface area contributed by atoms with Gasteiger partial charge < -0.3 is 5.32 Å². The van der Waals surface area contributed by atoms with Crippen LogP contribution in [-0.2, 0) is 0 Å². The Labute approximate surface area is 115 Å². The van der Waals surface area contributed by atoms with Crippen molar-refractivity contribution in [2.24, 2.45) is 0 Å². The van der Waals surface area contributed by atoms with Gasteiger partial charge in [-0.3, -0.25) is 14.2 Å². The summed E-state index contributed by atoms with van der Waals surface area (Å²) in [4.78, 5) is 23.6. The van der Waals surface area contributed by atoms with Crippen molar-refractivity contribution in [3.8, 4) is 0 Å². The van der Waals surface area contributed by atoms with Gasteiger partial charge in [-0.25, -0.2) is 0 Å². The molecule has 1 amide bonds. The molecular formula is C14H13ClN2O2. The zero-order valence-electron chi connectivity index (χ0n) is 10.4. The fourth-order valence-electron chi connectivity index (χ4n) is 1.90. The minimum absolute atomic E-state index is 0.171. The molecule has 19 heavy (non-hydrogen) atoms. The smallest absolute Gasteiger partial charge is 0.253 e. The summed E-state index contributed by atoms with van der Waals surface area (Å²) >= 11 is 5.93. The Morgan fingerprint density at radius 2 is 2.21 bits per heavy atom. The Morgan fingerprint density at radius 3 is 2.84 bits per heavy atom. The molecule has 0 atom stereocenters. The molecule has 0 aliphatic rings. The van der Waals surface area contributed by atoms with Gasteiger partial charge in [-0.05, 0) is 12.1 Å². The van der Waals surface area contributed by atoms with Gasteiger partial charge in [-0.2, -0.15) is 0 Å². The Balaban J connectivity index is 2.59. The average molecular weight is 277 g/mol. The van der Waals surface area contributed by atoms with Crippen molar-refractivity contribution in [2.75, 3.05) is 6.54 Å². The molecule has 0 unspecified atom stereocenters. The normalized spacial score (nSPS) is 10.4. The molecule has 0 fully saturated rings. The van der Waals surface area contributed by atoms with E-state index in [0.717, 1.165) is 0 Å². The minimum atomic E-state index is -0.243. The quantitative estimate of drug-likeness (QED) is 0.877.